The highest BCUT2D eigenvalue weighted by atomic mass is 16.1. The van der Waals surface area contributed by atoms with E-state index in [4.69, 9.17) is 5.73 Å². The molecular formula is C5H7N3O. The number of anilines is 1. The molecule has 0 radical (unpaired) electrons. The van der Waals surface area contributed by atoms with Gasteiger partial charge in [-0.15, -0.1) is 0 Å². The molecule has 0 aromatic carbocycles. The smallest absolute Gasteiger partial charge is 0.348 e. The van der Waals surface area contributed by atoms with Crippen LogP contribution in [0, 0.1) is 0 Å². The predicted octanol–water partition coefficient (Wildman–Crippen LogP) is -0.637. The number of nitrogen functional groups attached to an aromatic ring is 1. The molecule has 0 fully saturated rings. The maximum Gasteiger partial charge on any atom is 0.348 e. The molecule has 1 aromatic rings. The zero-order valence-electron chi connectivity index (χ0n) is 5.03. The highest BCUT2D eigenvalue weighted by Gasteiger charge is 1.90. The Kier molecular flexibility index (Phi) is 1.22. The lowest BCUT2D eigenvalue weighted by atomic mass is 10.6. The van der Waals surface area contributed by atoms with Crippen molar-refractivity contribution in [3.8, 4) is 0 Å². The van der Waals surface area contributed by atoms with Crippen LogP contribution in [0.2, 0.25) is 0 Å². The van der Waals surface area contributed by atoms with Crippen molar-refractivity contribution in [1.82, 2.24) is 9.55 Å². The third-order valence-electron chi connectivity index (χ3n) is 1.10. The lowest BCUT2D eigenvalue weighted by Crippen LogP contribution is -2.21. The summed E-state index contributed by atoms with van der Waals surface area (Å²) in [6, 6.07) is 1.57. The molecule has 4 heteroatoms. The Bertz CT molecular complexity index is 265. The first-order chi connectivity index (χ1) is 4.22. The van der Waals surface area contributed by atoms with E-state index in [1.807, 2.05) is 0 Å². The van der Waals surface area contributed by atoms with Crippen molar-refractivity contribution in [2.24, 2.45) is 7.05 Å². The van der Waals surface area contributed by atoms with Crippen molar-refractivity contribution in [1.29, 1.82) is 0 Å². The molecule has 1 rings (SSSR count). The standard InChI is InChI=1S/C5H7N3O/c1-8-4(6)2-3-7-5(8)9/h2-3H,6H2,1H3. The fourth-order valence-electron chi connectivity index (χ4n) is 0.486. The van der Waals surface area contributed by atoms with Crippen molar-refractivity contribution < 1.29 is 0 Å². The highest BCUT2D eigenvalue weighted by Crippen LogP contribution is 1.89. The summed E-state index contributed by atoms with van der Waals surface area (Å²) in [6.45, 7) is 0. The van der Waals surface area contributed by atoms with Crippen LogP contribution in [-0.4, -0.2) is 9.55 Å². The Morgan fingerprint density at radius 2 is 2.44 bits per heavy atom. The van der Waals surface area contributed by atoms with Gasteiger partial charge in [-0.05, 0) is 6.07 Å². The van der Waals surface area contributed by atoms with Gasteiger partial charge < -0.3 is 5.73 Å². The van der Waals surface area contributed by atoms with Crippen molar-refractivity contribution in [3.05, 3.63) is 22.7 Å². The third kappa shape index (κ3) is 0.910. The summed E-state index contributed by atoms with van der Waals surface area (Å²) in [7, 11) is 1.57. The second kappa shape index (κ2) is 1.89. The number of hydrogen-bond acceptors (Lipinski definition) is 3. The molecule has 0 aliphatic heterocycles. The number of hydrogen-bond donors (Lipinski definition) is 1. The molecule has 0 aliphatic rings. The van der Waals surface area contributed by atoms with Crippen molar-refractivity contribution in [2.75, 3.05) is 5.73 Å². The SMILES string of the molecule is Cn1c(N)ccnc1=O. The van der Waals surface area contributed by atoms with Crippen LogP contribution >= 0.6 is 0 Å². The topological polar surface area (TPSA) is 60.9 Å². The van der Waals surface area contributed by atoms with Gasteiger partial charge in [-0.2, -0.15) is 0 Å². The highest BCUT2D eigenvalue weighted by molar-refractivity contribution is 5.25. The first-order valence-electron chi connectivity index (χ1n) is 2.49. The van der Waals surface area contributed by atoms with E-state index in [-0.39, 0.29) is 5.69 Å². The fourth-order valence-corrected chi connectivity index (χ4v) is 0.486. The van der Waals surface area contributed by atoms with Crippen molar-refractivity contribution >= 4 is 5.82 Å². The summed E-state index contributed by atoms with van der Waals surface area (Å²) in [4.78, 5) is 14.1. The summed E-state index contributed by atoms with van der Waals surface area (Å²) in [5.74, 6) is 0.426. The second-order valence-electron chi connectivity index (χ2n) is 1.71. The lowest BCUT2D eigenvalue weighted by molar-refractivity contribution is 0.824. The van der Waals surface area contributed by atoms with Crippen LogP contribution in [0.25, 0.3) is 0 Å². The van der Waals surface area contributed by atoms with E-state index in [0.717, 1.165) is 0 Å². The lowest BCUT2D eigenvalue weighted by Gasteiger charge is -1.97. The van der Waals surface area contributed by atoms with Crippen LogP contribution in [-0.2, 0) is 7.05 Å². The molecule has 4 nitrogen and oxygen atoms in total. The first-order valence-corrected chi connectivity index (χ1v) is 2.49. The molecule has 0 saturated carbocycles. The Hall–Kier alpha value is -1.32. The Balaban J connectivity index is 3.43. The number of nitrogens with two attached hydrogens (primary N) is 1. The molecule has 48 valence electrons. The maximum atomic E-state index is 10.6. The van der Waals surface area contributed by atoms with E-state index in [9.17, 15) is 4.79 Å². The maximum absolute atomic E-state index is 10.6. The van der Waals surface area contributed by atoms with Crippen LogP contribution in [0.4, 0.5) is 5.82 Å². The van der Waals surface area contributed by atoms with E-state index in [1.165, 1.54) is 10.8 Å². The Morgan fingerprint density at radius 3 is 2.89 bits per heavy atom. The number of aromatic nitrogens is 2. The van der Waals surface area contributed by atoms with E-state index < -0.39 is 0 Å². The first kappa shape index (κ1) is 5.81. The molecule has 0 atom stereocenters. The molecule has 0 unspecified atom stereocenters. The summed E-state index contributed by atoms with van der Waals surface area (Å²) in [5, 5.41) is 0. The van der Waals surface area contributed by atoms with E-state index in [1.54, 1.807) is 13.1 Å². The minimum atomic E-state index is -0.324. The van der Waals surface area contributed by atoms with Gasteiger partial charge in [0.05, 0.1) is 0 Å². The van der Waals surface area contributed by atoms with Crippen LogP contribution in [0.3, 0.4) is 0 Å². The minimum Gasteiger partial charge on any atom is -0.385 e. The molecule has 0 aliphatic carbocycles. The molecule has 0 bridgehead atoms. The minimum absolute atomic E-state index is 0.324. The third-order valence-corrected chi connectivity index (χ3v) is 1.10. The van der Waals surface area contributed by atoms with Gasteiger partial charge in [0, 0.05) is 13.2 Å². The molecule has 0 saturated heterocycles. The quantitative estimate of drug-likeness (QED) is 0.501. The van der Waals surface area contributed by atoms with Gasteiger partial charge in [-0.25, -0.2) is 9.78 Å². The van der Waals surface area contributed by atoms with Gasteiger partial charge >= 0.3 is 5.69 Å². The molecular weight excluding hydrogens is 118 g/mol. The zero-order chi connectivity index (χ0) is 6.85. The van der Waals surface area contributed by atoms with E-state index in [2.05, 4.69) is 4.98 Å². The number of rotatable bonds is 0. The van der Waals surface area contributed by atoms with E-state index in [0.29, 0.717) is 5.82 Å². The van der Waals surface area contributed by atoms with Crippen LogP contribution in [0.5, 0.6) is 0 Å². The summed E-state index contributed by atoms with van der Waals surface area (Å²) in [5.41, 5.74) is 5.02. The average molecular weight is 125 g/mol. The number of nitrogens with zero attached hydrogens (tertiary/aromatic N) is 2. The van der Waals surface area contributed by atoms with Crippen LogP contribution < -0.4 is 11.4 Å². The van der Waals surface area contributed by atoms with Gasteiger partial charge in [-0.3, -0.25) is 4.57 Å². The second-order valence-corrected chi connectivity index (χ2v) is 1.71. The van der Waals surface area contributed by atoms with Crippen molar-refractivity contribution in [3.63, 3.8) is 0 Å². The van der Waals surface area contributed by atoms with Gasteiger partial charge in [0.2, 0.25) is 0 Å². The molecule has 9 heavy (non-hydrogen) atoms. The predicted molar refractivity (Wildman–Crippen MR) is 33.9 cm³/mol. The monoisotopic (exact) mass is 125 g/mol. The molecule has 1 heterocycles. The van der Waals surface area contributed by atoms with Gasteiger partial charge in [-0.1, -0.05) is 0 Å². The molecule has 0 amide bonds. The Labute approximate surface area is 51.9 Å². The summed E-state index contributed by atoms with van der Waals surface area (Å²) < 4.78 is 1.28. The summed E-state index contributed by atoms with van der Waals surface area (Å²) in [6.07, 6.45) is 1.39. The van der Waals surface area contributed by atoms with Gasteiger partial charge in [0.1, 0.15) is 5.82 Å². The largest absolute Gasteiger partial charge is 0.385 e. The fraction of sp³-hybridized carbons (Fsp3) is 0.200. The van der Waals surface area contributed by atoms with Crippen molar-refractivity contribution in [2.45, 2.75) is 0 Å². The normalized spacial score (nSPS) is 9.44. The molecule has 1 aromatic heterocycles. The van der Waals surface area contributed by atoms with E-state index >= 15 is 0 Å². The van der Waals surface area contributed by atoms with Gasteiger partial charge in [0.25, 0.3) is 0 Å². The van der Waals surface area contributed by atoms with Crippen LogP contribution in [0.15, 0.2) is 17.1 Å². The molecule has 0 spiro atoms. The zero-order valence-corrected chi connectivity index (χ0v) is 5.03. The molecule has 2 N–H and O–H groups in total. The Morgan fingerprint density at radius 1 is 1.78 bits per heavy atom. The van der Waals surface area contributed by atoms with Gasteiger partial charge in [0.15, 0.2) is 0 Å². The van der Waals surface area contributed by atoms with Crippen LogP contribution in [0.1, 0.15) is 0 Å². The summed E-state index contributed by atoms with van der Waals surface area (Å²) >= 11 is 0. The average Bonchev–Trinajstić information content (AvgIpc) is 1.83.